The Labute approximate surface area is 159 Å². The minimum atomic E-state index is -0.469. The average molecular weight is 401 g/mol. The predicted molar refractivity (Wildman–Crippen MR) is 101 cm³/mol. The van der Waals surface area contributed by atoms with Gasteiger partial charge in [0.25, 0.3) is 11.2 Å². The lowest BCUT2D eigenvalue weighted by molar-refractivity contribution is -0.384. The van der Waals surface area contributed by atoms with E-state index in [1.54, 1.807) is 19.2 Å². The molecule has 0 amide bonds. The number of hydrogen-bond acceptors (Lipinski definition) is 9. The van der Waals surface area contributed by atoms with Crippen molar-refractivity contribution >= 4 is 39.0 Å². The highest BCUT2D eigenvalue weighted by Crippen LogP contribution is 2.24. The molecular formula is C16H11N5O4S2. The molecule has 3 heterocycles. The third kappa shape index (κ3) is 3.34. The molecule has 4 aromatic rings. The van der Waals surface area contributed by atoms with Crippen LogP contribution in [0.1, 0.15) is 5.89 Å². The normalized spacial score (nSPS) is 11.1. The van der Waals surface area contributed by atoms with Crippen molar-refractivity contribution in [3.05, 3.63) is 62.1 Å². The Bertz CT molecular complexity index is 1200. The Morgan fingerprint density at radius 1 is 1.26 bits per heavy atom. The standard InChI is InChI=1S/C16H11N5O4S2/c1-20-15(22)13-11(6-7-26-13)17-16(20)27-8-12-18-14(19-25-12)9-2-4-10(5-3-9)21(23)24/h2-7H,8H2,1H3. The summed E-state index contributed by atoms with van der Waals surface area (Å²) in [6.45, 7) is 0. The first kappa shape index (κ1) is 17.4. The maximum atomic E-state index is 12.3. The molecule has 0 aliphatic rings. The highest BCUT2D eigenvalue weighted by atomic mass is 32.2. The van der Waals surface area contributed by atoms with E-state index in [0.717, 1.165) is 0 Å². The SMILES string of the molecule is Cn1c(SCc2nc(-c3ccc([N+](=O)[O-])cc3)no2)nc2ccsc2c1=O. The summed E-state index contributed by atoms with van der Waals surface area (Å²) in [7, 11) is 1.67. The molecule has 3 aromatic heterocycles. The number of nitrogens with zero attached hydrogens (tertiary/aromatic N) is 5. The zero-order valence-electron chi connectivity index (χ0n) is 13.9. The van der Waals surface area contributed by atoms with Crippen molar-refractivity contribution in [2.24, 2.45) is 7.05 Å². The van der Waals surface area contributed by atoms with Gasteiger partial charge in [0, 0.05) is 24.7 Å². The average Bonchev–Trinajstić information content (AvgIpc) is 3.33. The van der Waals surface area contributed by atoms with E-state index in [-0.39, 0.29) is 11.2 Å². The Hall–Kier alpha value is -3.05. The molecule has 0 fully saturated rings. The van der Waals surface area contributed by atoms with E-state index in [9.17, 15) is 14.9 Å². The first-order chi connectivity index (χ1) is 13.0. The maximum Gasteiger partial charge on any atom is 0.271 e. The van der Waals surface area contributed by atoms with Crippen LogP contribution in [0, 0.1) is 10.1 Å². The van der Waals surface area contributed by atoms with Gasteiger partial charge in [-0.25, -0.2) is 4.98 Å². The molecule has 0 saturated carbocycles. The summed E-state index contributed by atoms with van der Waals surface area (Å²) in [4.78, 5) is 31.3. The summed E-state index contributed by atoms with van der Waals surface area (Å²) in [5, 5.41) is 17.0. The largest absolute Gasteiger partial charge is 0.338 e. The molecule has 136 valence electrons. The fourth-order valence-electron chi connectivity index (χ4n) is 2.39. The van der Waals surface area contributed by atoms with E-state index < -0.39 is 4.92 Å². The van der Waals surface area contributed by atoms with Gasteiger partial charge in [-0.3, -0.25) is 19.5 Å². The third-order valence-electron chi connectivity index (χ3n) is 3.78. The van der Waals surface area contributed by atoms with E-state index in [0.29, 0.717) is 38.4 Å². The maximum absolute atomic E-state index is 12.3. The molecule has 0 bridgehead atoms. The second kappa shape index (κ2) is 6.93. The van der Waals surface area contributed by atoms with Crippen LogP contribution in [0.3, 0.4) is 0 Å². The Balaban J connectivity index is 1.52. The topological polar surface area (TPSA) is 117 Å². The lowest BCUT2D eigenvalue weighted by Crippen LogP contribution is -2.18. The first-order valence-electron chi connectivity index (χ1n) is 7.67. The number of nitro groups is 1. The Morgan fingerprint density at radius 2 is 2.04 bits per heavy atom. The number of aromatic nitrogens is 4. The van der Waals surface area contributed by atoms with Gasteiger partial charge in [0.2, 0.25) is 11.7 Å². The number of hydrogen-bond donors (Lipinski definition) is 0. The quantitative estimate of drug-likeness (QED) is 0.216. The van der Waals surface area contributed by atoms with Gasteiger partial charge in [-0.15, -0.1) is 11.3 Å². The molecule has 11 heteroatoms. The van der Waals surface area contributed by atoms with Crippen LogP contribution in [0.5, 0.6) is 0 Å². The summed E-state index contributed by atoms with van der Waals surface area (Å²) in [6.07, 6.45) is 0. The molecule has 0 N–H and O–H groups in total. The highest BCUT2D eigenvalue weighted by molar-refractivity contribution is 7.98. The van der Waals surface area contributed by atoms with Crippen molar-refractivity contribution in [2.75, 3.05) is 0 Å². The van der Waals surface area contributed by atoms with Crippen LogP contribution in [0.15, 0.2) is 50.2 Å². The Kier molecular flexibility index (Phi) is 4.46. The Morgan fingerprint density at radius 3 is 2.78 bits per heavy atom. The molecule has 0 aliphatic heterocycles. The summed E-state index contributed by atoms with van der Waals surface area (Å²) in [6, 6.07) is 7.71. The van der Waals surface area contributed by atoms with Crippen LogP contribution < -0.4 is 5.56 Å². The van der Waals surface area contributed by atoms with Crippen molar-refractivity contribution in [1.29, 1.82) is 0 Å². The van der Waals surface area contributed by atoms with E-state index in [2.05, 4.69) is 15.1 Å². The molecule has 1 aromatic carbocycles. The van der Waals surface area contributed by atoms with E-state index >= 15 is 0 Å². The van der Waals surface area contributed by atoms with Gasteiger partial charge >= 0.3 is 0 Å². The van der Waals surface area contributed by atoms with E-state index in [1.165, 1.54) is 39.8 Å². The van der Waals surface area contributed by atoms with Crippen LogP contribution in [0.25, 0.3) is 21.6 Å². The van der Waals surface area contributed by atoms with Crippen LogP contribution in [-0.4, -0.2) is 24.6 Å². The minimum Gasteiger partial charge on any atom is -0.338 e. The van der Waals surface area contributed by atoms with Gasteiger partial charge in [0.15, 0.2) is 5.16 Å². The predicted octanol–water partition coefficient (Wildman–Crippen LogP) is 3.25. The monoisotopic (exact) mass is 401 g/mol. The minimum absolute atomic E-state index is 0.00571. The van der Waals surface area contributed by atoms with Crippen molar-refractivity contribution in [3.8, 4) is 11.4 Å². The number of nitro benzene ring substituents is 1. The summed E-state index contributed by atoms with van der Waals surface area (Å²) in [5.74, 6) is 1.05. The third-order valence-corrected chi connectivity index (χ3v) is 5.68. The van der Waals surface area contributed by atoms with Crippen LogP contribution in [-0.2, 0) is 12.8 Å². The van der Waals surface area contributed by atoms with E-state index in [4.69, 9.17) is 4.52 Å². The number of rotatable bonds is 5. The zero-order valence-corrected chi connectivity index (χ0v) is 15.5. The van der Waals surface area contributed by atoms with Crippen molar-refractivity contribution in [1.82, 2.24) is 19.7 Å². The molecule has 0 radical (unpaired) electrons. The number of fused-ring (bicyclic) bond motifs is 1. The molecule has 9 nitrogen and oxygen atoms in total. The van der Waals surface area contributed by atoms with Gasteiger partial charge in [-0.2, -0.15) is 4.98 Å². The molecule has 0 saturated heterocycles. The molecule has 0 unspecified atom stereocenters. The van der Waals surface area contributed by atoms with Gasteiger partial charge in [0.05, 0.1) is 16.2 Å². The lowest BCUT2D eigenvalue weighted by atomic mass is 10.2. The lowest BCUT2D eigenvalue weighted by Gasteiger charge is -2.05. The number of benzene rings is 1. The highest BCUT2D eigenvalue weighted by Gasteiger charge is 2.14. The van der Waals surface area contributed by atoms with Crippen molar-refractivity contribution < 1.29 is 9.45 Å². The van der Waals surface area contributed by atoms with E-state index in [1.807, 2.05) is 11.4 Å². The van der Waals surface area contributed by atoms with Crippen LogP contribution >= 0.6 is 23.1 Å². The fraction of sp³-hybridized carbons (Fsp3) is 0.125. The van der Waals surface area contributed by atoms with Gasteiger partial charge in [-0.1, -0.05) is 16.9 Å². The summed E-state index contributed by atoms with van der Waals surface area (Å²) in [5.41, 5.74) is 1.19. The number of thiophene rings is 1. The fourth-order valence-corrected chi connectivity index (χ4v) is 4.00. The zero-order chi connectivity index (χ0) is 19.0. The van der Waals surface area contributed by atoms with Crippen molar-refractivity contribution in [2.45, 2.75) is 10.9 Å². The molecule has 0 spiro atoms. The van der Waals surface area contributed by atoms with Gasteiger partial charge in [-0.05, 0) is 23.6 Å². The van der Waals surface area contributed by atoms with Crippen LogP contribution in [0.2, 0.25) is 0 Å². The summed E-state index contributed by atoms with van der Waals surface area (Å²) < 4.78 is 7.35. The number of non-ortho nitro benzene ring substituents is 1. The first-order valence-corrected chi connectivity index (χ1v) is 9.54. The van der Waals surface area contributed by atoms with Gasteiger partial charge < -0.3 is 4.52 Å². The summed E-state index contributed by atoms with van der Waals surface area (Å²) >= 11 is 2.69. The molecule has 0 aliphatic carbocycles. The second-order valence-electron chi connectivity index (χ2n) is 5.50. The molecule has 0 atom stereocenters. The number of thioether (sulfide) groups is 1. The van der Waals surface area contributed by atoms with Gasteiger partial charge in [0.1, 0.15) is 4.70 Å². The molecule has 27 heavy (non-hydrogen) atoms. The second-order valence-corrected chi connectivity index (χ2v) is 7.36. The molecular weight excluding hydrogens is 390 g/mol. The smallest absolute Gasteiger partial charge is 0.271 e. The van der Waals surface area contributed by atoms with Crippen molar-refractivity contribution in [3.63, 3.8) is 0 Å². The molecule has 4 rings (SSSR count). The van der Waals surface area contributed by atoms with Crippen LogP contribution in [0.4, 0.5) is 5.69 Å².